The van der Waals surface area contributed by atoms with E-state index < -0.39 is 12.6 Å². The van der Waals surface area contributed by atoms with Gasteiger partial charge in [-0.1, -0.05) is 5.21 Å². The van der Waals surface area contributed by atoms with E-state index in [-0.39, 0.29) is 12.4 Å². The Labute approximate surface area is 77.5 Å². The fraction of sp³-hybridized carbons (Fsp3) is 0.667. The Bertz CT molecular complexity index is 270. The van der Waals surface area contributed by atoms with Gasteiger partial charge in [0, 0.05) is 6.20 Å². The van der Waals surface area contributed by atoms with Crippen LogP contribution in [0.4, 0.5) is 13.2 Å². The second-order valence-corrected chi connectivity index (χ2v) is 2.74. The minimum absolute atomic E-state index is 0.159. The highest BCUT2D eigenvalue weighted by Gasteiger charge is 2.26. The van der Waals surface area contributed by atoms with Gasteiger partial charge in [0.05, 0.1) is 24.5 Å². The van der Waals surface area contributed by atoms with E-state index in [1.54, 1.807) is 0 Å². The summed E-state index contributed by atoms with van der Waals surface area (Å²) in [5, 5.41) is 7.02. The lowest BCUT2D eigenvalue weighted by Gasteiger charge is -2.04. The van der Waals surface area contributed by atoms with Gasteiger partial charge < -0.3 is 0 Å². The number of alkyl halides is 4. The van der Waals surface area contributed by atoms with Gasteiger partial charge >= 0.3 is 6.18 Å². The van der Waals surface area contributed by atoms with Crippen LogP contribution in [0, 0.1) is 0 Å². The summed E-state index contributed by atoms with van der Waals surface area (Å²) in [5.41, 5.74) is 0.476. The number of aromatic nitrogens is 3. The number of rotatable bonds is 3. The van der Waals surface area contributed by atoms with Crippen LogP contribution in [0.5, 0.6) is 0 Å². The molecule has 1 rings (SSSR count). The topological polar surface area (TPSA) is 30.7 Å². The number of aryl methyl sites for hydroxylation is 1. The van der Waals surface area contributed by atoms with Gasteiger partial charge in [-0.05, 0) is 0 Å². The van der Waals surface area contributed by atoms with Crippen LogP contribution >= 0.6 is 11.6 Å². The SMILES string of the molecule is FC(F)(F)CCn1cc(CCl)nn1. The summed E-state index contributed by atoms with van der Waals surface area (Å²) in [4.78, 5) is 0. The molecule has 0 aliphatic heterocycles. The molecule has 0 bridgehead atoms. The minimum atomic E-state index is -4.16. The van der Waals surface area contributed by atoms with E-state index in [0.717, 1.165) is 4.68 Å². The van der Waals surface area contributed by atoms with E-state index in [1.807, 2.05) is 0 Å². The molecular formula is C6H7ClF3N3. The number of halogens is 4. The third-order valence-electron chi connectivity index (χ3n) is 1.35. The number of nitrogens with zero attached hydrogens (tertiary/aromatic N) is 3. The van der Waals surface area contributed by atoms with Crippen LogP contribution < -0.4 is 0 Å². The van der Waals surface area contributed by atoms with E-state index in [0.29, 0.717) is 5.69 Å². The van der Waals surface area contributed by atoms with Gasteiger partial charge in [-0.25, -0.2) is 0 Å². The van der Waals surface area contributed by atoms with Crippen molar-refractivity contribution in [1.29, 1.82) is 0 Å². The first kappa shape index (κ1) is 10.3. The smallest absolute Gasteiger partial charge is 0.252 e. The van der Waals surface area contributed by atoms with E-state index in [1.165, 1.54) is 6.20 Å². The molecule has 0 aromatic carbocycles. The first-order valence-corrected chi connectivity index (χ1v) is 4.06. The largest absolute Gasteiger partial charge is 0.390 e. The average Bonchev–Trinajstić information content (AvgIpc) is 2.47. The van der Waals surface area contributed by atoms with Crippen molar-refractivity contribution in [2.45, 2.75) is 25.0 Å². The van der Waals surface area contributed by atoms with Crippen LogP contribution in [0.25, 0.3) is 0 Å². The molecule has 0 saturated carbocycles. The summed E-state index contributed by atoms with van der Waals surface area (Å²) in [5.74, 6) is 0.159. The highest BCUT2D eigenvalue weighted by Crippen LogP contribution is 2.19. The molecule has 3 nitrogen and oxygen atoms in total. The molecule has 0 atom stereocenters. The highest BCUT2D eigenvalue weighted by atomic mass is 35.5. The Hall–Kier alpha value is -0.780. The molecule has 1 heterocycles. The van der Waals surface area contributed by atoms with Crippen molar-refractivity contribution in [1.82, 2.24) is 15.0 Å². The fourth-order valence-electron chi connectivity index (χ4n) is 0.750. The molecule has 0 unspecified atom stereocenters. The Balaban J connectivity index is 2.46. The molecule has 13 heavy (non-hydrogen) atoms. The van der Waals surface area contributed by atoms with Crippen LogP contribution in [0.2, 0.25) is 0 Å². The minimum Gasteiger partial charge on any atom is -0.252 e. The Kier molecular flexibility index (Phi) is 3.13. The second-order valence-electron chi connectivity index (χ2n) is 2.47. The van der Waals surface area contributed by atoms with Crippen molar-refractivity contribution in [3.63, 3.8) is 0 Å². The maximum absolute atomic E-state index is 11.7. The lowest BCUT2D eigenvalue weighted by Crippen LogP contribution is -2.12. The molecule has 1 aromatic rings. The van der Waals surface area contributed by atoms with Crippen LogP contribution in [-0.4, -0.2) is 21.2 Å². The van der Waals surface area contributed by atoms with Crippen molar-refractivity contribution in [2.75, 3.05) is 0 Å². The van der Waals surface area contributed by atoms with Gasteiger partial charge in [0.2, 0.25) is 0 Å². The lowest BCUT2D eigenvalue weighted by atomic mass is 10.4. The van der Waals surface area contributed by atoms with Crippen LogP contribution in [-0.2, 0) is 12.4 Å². The van der Waals surface area contributed by atoms with E-state index >= 15 is 0 Å². The van der Waals surface area contributed by atoms with E-state index in [4.69, 9.17) is 11.6 Å². The Morgan fingerprint density at radius 3 is 2.62 bits per heavy atom. The van der Waals surface area contributed by atoms with E-state index in [9.17, 15) is 13.2 Å². The van der Waals surface area contributed by atoms with Gasteiger partial charge in [-0.3, -0.25) is 4.68 Å². The number of hydrogen-bond acceptors (Lipinski definition) is 2. The first-order chi connectivity index (χ1) is 6.01. The molecule has 0 amide bonds. The summed E-state index contributed by atoms with van der Waals surface area (Å²) in [6, 6.07) is 0. The van der Waals surface area contributed by atoms with Crippen molar-refractivity contribution in [3.8, 4) is 0 Å². The first-order valence-electron chi connectivity index (χ1n) is 3.53. The highest BCUT2D eigenvalue weighted by molar-refractivity contribution is 6.16. The van der Waals surface area contributed by atoms with Crippen molar-refractivity contribution >= 4 is 11.6 Å². The third kappa shape index (κ3) is 3.63. The molecule has 0 aliphatic carbocycles. The van der Waals surface area contributed by atoms with Crippen molar-refractivity contribution in [2.24, 2.45) is 0 Å². The molecule has 0 fully saturated rings. The number of hydrogen-bond donors (Lipinski definition) is 0. The monoisotopic (exact) mass is 213 g/mol. The molecule has 0 radical (unpaired) electrons. The maximum Gasteiger partial charge on any atom is 0.390 e. The Morgan fingerprint density at radius 2 is 2.15 bits per heavy atom. The predicted octanol–water partition coefficient (Wildman–Crippen LogP) is 1.97. The third-order valence-corrected chi connectivity index (χ3v) is 1.62. The van der Waals surface area contributed by atoms with Gasteiger partial charge in [-0.15, -0.1) is 16.7 Å². The zero-order valence-electron chi connectivity index (χ0n) is 6.55. The molecule has 7 heteroatoms. The zero-order valence-corrected chi connectivity index (χ0v) is 7.31. The normalized spacial score (nSPS) is 12.0. The van der Waals surface area contributed by atoms with Crippen molar-refractivity contribution < 1.29 is 13.2 Å². The van der Waals surface area contributed by atoms with Gasteiger partial charge in [0.25, 0.3) is 0 Å². The van der Waals surface area contributed by atoms with E-state index in [2.05, 4.69) is 10.3 Å². The second kappa shape index (κ2) is 3.95. The quantitative estimate of drug-likeness (QED) is 0.719. The molecule has 0 N–H and O–H groups in total. The summed E-state index contributed by atoms with van der Waals surface area (Å²) < 4.78 is 36.4. The summed E-state index contributed by atoms with van der Waals surface area (Å²) >= 11 is 5.39. The molecule has 74 valence electrons. The Morgan fingerprint density at radius 1 is 1.46 bits per heavy atom. The zero-order chi connectivity index (χ0) is 9.90. The average molecular weight is 214 g/mol. The lowest BCUT2D eigenvalue weighted by molar-refractivity contribution is -0.137. The van der Waals surface area contributed by atoms with Crippen molar-refractivity contribution in [3.05, 3.63) is 11.9 Å². The molecular weight excluding hydrogens is 207 g/mol. The predicted molar refractivity (Wildman–Crippen MR) is 40.3 cm³/mol. The van der Waals surface area contributed by atoms with Crippen LogP contribution in [0.1, 0.15) is 12.1 Å². The summed E-state index contributed by atoms with van der Waals surface area (Å²) in [6.07, 6.45) is -3.66. The summed E-state index contributed by atoms with van der Waals surface area (Å²) in [6.45, 7) is -0.215. The fourth-order valence-corrected chi connectivity index (χ4v) is 0.873. The van der Waals surface area contributed by atoms with Crippen LogP contribution in [0.15, 0.2) is 6.20 Å². The molecule has 1 aromatic heterocycles. The van der Waals surface area contributed by atoms with Gasteiger partial charge in [0.1, 0.15) is 0 Å². The van der Waals surface area contributed by atoms with Gasteiger partial charge in [0.15, 0.2) is 0 Å². The summed E-state index contributed by atoms with van der Waals surface area (Å²) in [7, 11) is 0. The molecule has 0 aliphatic rings. The standard InChI is InChI=1S/C6H7ClF3N3/c7-3-5-4-13(12-11-5)2-1-6(8,9)10/h4H,1-3H2. The van der Waals surface area contributed by atoms with Gasteiger partial charge in [-0.2, -0.15) is 13.2 Å². The maximum atomic E-state index is 11.7. The molecule has 0 spiro atoms. The van der Waals surface area contributed by atoms with Crippen LogP contribution in [0.3, 0.4) is 0 Å². The molecule has 0 saturated heterocycles.